The van der Waals surface area contributed by atoms with Gasteiger partial charge in [-0.25, -0.2) is 14.3 Å². The van der Waals surface area contributed by atoms with E-state index in [1.54, 1.807) is 11.7 Å². The number of nitrogens with one attached hydrogen (secondary N) is 1. The Morgan fingerprint density at radius 3 is 2.55 bits per heavy atom. The Hall–Kier alpha value is -3.20. The van der Waals surface area contributed by atoms with E-state index in [0.29, 0.717) is 18.8 Å². The topological polar surface area (TPSA) is 100 Å². The normalized spacial score (nSPS) is 11.3. The smallest absolute Gasteiger partial charge is 0.333 e. The monoisotopic (exact) mass is 399 g/mol. The Kier molecular flexibility index (Phi) is 6.28. The van der Waals surface area contributed by atoms with Crippen LogP contribution in [0.4, 0.5) is 0 Å². The van der Waals surface area contributed by atoms with Crippen molar-refractivity contribution in [1.29, 1.82) is 0 Å². The molecule has 2 heterocycles. The number of benzene rings is 1. The van der Waals surface area contributed by atoms with Gasteiger partial charge < -0.3 is 14.6 Å². The molecule has 1 aromatic carbocycles. The molecule has 0 aliphatic carbocycles. The molecule has 3 rings (SSSR count). The third kappa shape index (κ3) is 4.45. The maximum absolute atomic E-state index is 13.1. The van der Waals surface area contributed by atoms with E-state index >= 15 is 0 Å². The summed E-state index contributed by atoms with van der Waals surface area (Å²) in [5.41, 5.74) is 0.346. The van der Waals surface area contributed by atoms with Gasteiger partial charge in [0.2, 0.25) is 5.91 Å². The fraction of sp³-hybridized carbons (Fsp3) is 0.400. The maximum atomic E-state index is 13.1. The minimum Gasteiger partial charge on any atom is -0.383 e. The van der Waals surface area contributed by atoms with Gasteiger partial charge in [-0.2, -0.15) is 0 Å². The summed E-state index contributed by atoms with van der Waals surface area (Å²) in [4.78, 5) is 42.8. The van der Waals surface area contributed by atoms with Gasteiger partial charge in [0, 0.05) is 19.7 Å². The number of carbonyl (C=O) groups excluding carboxylic acids is 1. The number of ether oxygens (including phenoxy) is 1. The highest BCUT2D eigenvalue weighted by Crippen LogP contribution is 2.10. The van der Waals surface area contributed by atoms with Crippen LogP contribution in [0.15, 0.2) is 46.2 Å². The van der Waals surface area contributed by atoms with Gasteiger partial charge >= 0.3 is 5.69 Å². The van der Waals surface area contributed by atoms with Gasteiger partial charge in [-0.1, -0.05) is 30.3 Å². The number of carbonyl (C=O) groups is 1. The number of fused-ring (bicyclic) bond motifs is 1. The molecule has 1 amide bonds. The summed E-state index contributed by atoms with van der Waals surface area (Å²) in [6, 6.07) is 9.32. The lowest BCUT2D eigenvalue weighted by atomic mass is 10.2. The Bertz CT molecular complexity index is 1110. The second-order valence-electron chi connectivity index (χ2n) is 7.07. The number of nitrogens with zero attached hydrogens (tertiary/aromatic N) is 4. The standard InChI is InChI=1S/C20H25N5O4/c1-14(2)22-16(26)12-25-19(27)17-18(21-13-23(17)9-10-29-3)24(20(25)28)11-15-7-5-4-6-8-15/h4-8,13-14H,9-12H2,1-3H3,(H,22,26). The lowest BCUT2D eigenvalue weighted by Crippen LogP contribution is -2.45. The van der Waals surface area contributed by atoms with E-state index < -0.39 is 17.2 Å². The molecule has 0 unspecified atom stereocenters. The van der Waals surface area contributed by atoms with Gasteiger partial charge in [0.05, 0.1) is 19.5 Å². The largest absolute Gasteiger partial charge is 0.383 e. The lowest BCUT2D eigenvalue weighted by Gasteiger charge is -2.14. The molecule has 29 heavy (non-hydrogen) atoms. The van der Waals surface area contributed by atoms with E-state index in [2.05, 4.69) is 10.3 Å². The van der Waals surface area contributed by atoms with Crippen molar-refractivity contribution in [2.75, 3.05) is 13.7 Å². The number of rotatable bonds is 8. The van der Waals surface area contributed by atoms with Crippen LogP contribution in [0.3, 0.4) is 0 Å². The van der Waals surface area contributed by atoms with Gasteiger partial charge in [0.25, 0.3) is 5.56 Å². The van der Waals surface area contributed by atoms with Crippen LogP contribution in [0.25, 0.3) is 11.2 Å². The molecule has 0 radical (unpaired) electrons. The Morgan fingerprint density at radius 1 is 1.17 bits per heavy atom. The molecule has 9 heteroatoms. The lowest BCUT2D eigenvalue weighted by molar-refractivity contribution is -0.122. The van der Waals surface area contributed by atoms with Crippen LogP contribution < -0.4 is 16.6 Å². The first kappa shape index (κ1) is 20.5. The molecule has 154 valence electrons. The molecule has 0 saturated heterocycles. The number of imidazole rings is 1. The van der Waals surface area contributed by atoms with Crippen molar-refractivity contribution in [1.82, 2.24) is 24.0 Å². The first-order valence-corrected chi connectivity index (χ1v) is 9.43. The molecule has 0 fully saturated rings. The molecule has 0 saturated carbocycles. The quantitative estimate of drug-likeness (QED) is 0.597. The fourth-order valence-electron chi connectivity index (χ4n) is 3.16. The molecule has 2 aromatic heterocycles. The average Bonchev–Trinajstić information content (AvgIpc) is 3.11. The highest BCUT2D eigenvalue weighted by molar-refractivity contribution is 5.76. The van der Waals surface area contributed by atoms with Crippen molar-refractivity contribution < 1.29 is 9.53 Å². The average molecular weight is 399 g/mol. The van der Waals surface area contributed by atoms with Crippen molar-refractivity contribution in [2.45, 2.75) is 39.5 Å². The summed E-state index contributed by atoms with van der Waals surface area (Å²) in [5, 5.41) is 2.72. The zero-order valence-electron chi connectivity index (χ0n) is 16.8. The number of hydrogen-bond acceptors (Lipinski definition) is 5. The summed E-state index contributed by atoms with van der Waals surface area (Å²) in [7, 11) is 1.57. The van der Waals surface area contributed by atoms with E-state index in [9.17, 15) is 14.4 Å². The summed E-state index contributed by atoms with van der Waals surface area (Å²) < 4.78 is 9.15. The fourth-order valence-corrected chi connectivity index (χ4v) is 3.16. The van der Waals surface area contributed by atoms with Crippen LogP contribution >= 0.6 is 0 Å². The Balaban J connectivity index is 2.16. The molecule has 3 aromatic rings. The highest BCUT2D eigenvalue weighted by Gasteiger charge is 2.20. The van der Waals surface area contributed by atoms with E-state index in [-0.39, 0.29) is 24.6 Å². The molecular formula is C20H25N5O4. The van der Waals surface area contributed by atoms with E-state index in [1.807, 2.05) is 44.2 Å². The van der Waals surface area contributed by atoms with Gasteiger partial charge in [0.1, 0.15) is 6.54 Å². The second-order valence-corrected chi connectivity index (χ2v) is 7.07. The number of hydrogen-bond donors (Lipinski definition) is 1. The molecule has 9 nitrogen and oxygen atoms in total. The van der Waals surface area contributed by atoms with E-state index in [0.717, 1.165) is 10.1 Å². The van der Waals surface area contributed by atoms with Crippen molar-refractivity contribution in [3.05, 3.63) is 63.1 Å². The first-order valence-electron chi connectivity index (χ1n) is 9.43. The molecule has 1 N–H and O–H groups in total. The third-order valence-corrected chi connectivity index (χ3v) is 4.45. The summed E-state index contributed by atoms with van der Waals surface area (Å²) in [6.07, 6.45) is 1.52. The van der Waals surface area contributed by atoms with E-state index in [1.165, 1.54) is 10.9 Å². The number of aromatic nitrogens is 4. The number of amides is 1. The minimum absolute atomic E-state index is 0.0966. The molecule has 0 atom stereocenters. The van der Waals surface area contributed by atoms with Gasteiger partial charge in [0.15, 0.2) is 11.2 Å². The molecule has 0 aliphatic heterocycles. The van der Waals surface area contributed by atoms with Crippen molar-refractivity contribution >= 4 is 17.1 Å². The van der Waals surface area contributed by atoms with Crippen molar-refractivity contribution in [3.8, 4) is 0 Å². The summed E-state index contributed by atoms with van der Waals surface area (Å²) in [5.74, 6) is -0.396. The second kappa shape index (κ2) is 8.87. The van der Waals surface area contributed by atoms with Crippen molar-refractivity contribution in [2.24, 2.45) is 0 Å². The SMILES string of the molecule is COCCn1cnc2c1c(=O)n(CC(=O)NC(C)C)c(=O)n2Cc1ccccc1. The van der Waals surface area contributed by atoms with Crippen LogP contribution in [-0.2, 0) is 29.2 Å². The Labute approximate surface area is 167 Å². The third-order valence-electron chi connectivity index (χ3n) is 4.45. The van der Waals surface area contributed by atoms with Crippen molar-refractivity contribution in [3.63, 3.8) is 0 Å². The van der Waals surface area contributed by atoms with Crippen LogP contribution in [0.5, 0.6) is 0 Å². The molecule has 0 spiro atoms. The highest BCUT2D eigenvalue weighted by atomic mass is 16.5. The molecule has 0 bridgehead atoms. The Morgan fingerprint density at radius 2 is 1.90 bits per heavy atom. The number of methoxy groups -OCH3 is 1. The minimum atomic E-state index is -0.567. The van der Waals surface area contributed by atoms with Gasteiger partial charge in [-0.3, -0.25) is 14.2 Å². The van der Waals surface area contributed by atoms with Gasteiger partial charge in [-0.15, -0.1) is 0 Å². The van der Waals surface area contributed by atoms with Gasteiger partial charge in [-0.05, 0) is 19.4 Å². The van der Waals surface area contributed by atoms with Crippen LogP contribution in [0.2, 0.25) is 0 Å². The van der Waals surface area contributed by atoms with Crippen LogP contribution in [-0.4, -0.2) is 44.4 Å². The zero-order valence-corrected chi connectivity index (χ0v) is 16.8. The first-order chi connectivity index (χ1) is 13.9. The maximum Gasteiger partial charge on any atom is 0.333 e. The molecule has 0 aliphatic rings. The van der Waals surface area contributed by atoms with E-state index in [4.69, 9.17) is 4.74 Å². The summed E-state index contributed by atoms with van der Waals surface area (Å²) in [6.45, 7) is 4.31. The van der Waals surface area contributed by atoms with Crippen LogP contribution in [0, 0.1) is 0 Å². The summed E-state index contributed by atoms with van der Waals surface area (Å²) >= 11 is 0. The zero-order chi connectivity index (χ0) is 21.0. The molecular weight excluding hydrogens is 374 g/mol. The van der Waals surface area contributed by atoms with Crippen LogP contribution in [0.1, 0.15) is 19.4 Å². The predicted octanol–water partition coefficient (Wildman–Crippen LogP) is 0.579. The predicted molar refractivity (Wildman–Crippen MR) is 109 cm³/mol.